The molecule has 2 nitrogen and oxygen atoms in total. The molecule has 3 rings (SSSR count). The Kier molecular flexibility index (Phi) is 4.30. The van der Waals surface area contributed by atoms with Gasteiger partial charge in [0.1, 0.15) is 5.75 Å². The molecule has 3 heteroatoms. The minimum absolute atomic E-state index is 0.154. The molecule has 0 radical (unpaired) electrons. The van der Waals surface area contributed by atoms with Crippen LogP contribution in [-0.2, 0) is 0 Å². The normalized spacial score (nSPS) is 14.0. The van der Waals surface area contributed by atoms with Gasteiger partial charge < -0.3 is 4.74 Å². The molecule has 0 aromatic heterocycles. The molecule has 0 bridgehead atoms. The molecule has 0 saturated heterocycles. The van der Waals surface area contributed by atoms with Crippen LogP contribution >= 0.6 is 11.8 Å². The van der Waals surface area contributed by atoms with Crippen molar-refractivity contribution in [3.8, 4) is 5.75 Å². The Morgan fingerprint density at radius 3 is 2.52 bits per heavy atom. The lowest BCUT2D eigenvalue weighted by Gasteiger charge is -2.06. The number of ether oxygens (including phenoxy) is 1. The number of thioether (sulfide) groups is 1. The third kappa shape index (κ3) is 3.88. The number of hydrogen-bond acceptors (Lipinski definition) is 3. The van der Waals surface area contributed by atoms with Crippen LogP contribution < -0.4 is 4.74 Å². The van der Waals surface area contributed by atoms with Gasteiger partial charge in [-0.05, 0) is 55.7 Å². The minimum atomic E-state index is 0.154. The number of ketones is 1. The molecule has 21 heavy (non-hydrogen) atoms. The number of benzene rings is 2. The third-order valence-corrected chi connectivity index (χ3v) is 4.63. The van der Waals surface area contributed by atoms with E-state index in [1.165, 1.54) is 10.5 Å². The molecule has 0 aliphatic heterocycles. The van der Waals surface area contributed by atoms with E-state index in [0.717, 1.165) is 24.2 Å². The maximum atomic E-state index is 12.2. The Bertz CT molecular complexity index is 630. The largest absolute Gasteiger partial charge is 0.490 e. The van der Waals surface area contributed by atoms with Gasteiger partial charge in [0.25, 0.3) is 0 Å². The van der Waals surface area contributed by atoms with Crippen LogP contribution in [-0.4, -0.2) is 17.6 Å². The zero-order valence-electron chi connectivity index (χ0n) is 12.0. The van der Waals surface area contributed by atoms with Crippen molar-refractivity contribution in [3.63, 3.8) is 0 Å². The molecular formula is C18H18O2S. The number of carbonyl (C=O) groups is 1. The van der Waals surface area contributed by atoms with Crippen LogP contribution in [0.25, 0.3) is 0 Å². The zero-order valence-corrected chi connectivity index (χ0v) is 12.9. The highest BCUT2D eigenvalue weighted by Gasteiger charge is 2.23. The molecule has 0 N–H and O–H groups in total. The molecular weight excluding hydrogens is 280 g/mol. The second-order valence-electron chi connectivity index (χ2n) is 5.32. The van der Waals surface area contributed by atoms with Crippen molar-refractivity contribution in [2.75, 3.05) is 5.75 Å². The lowest BCUT2D eigenvalue weighted by molar-refractivity contribution is 0.102. The Balaban J connectivity index is 1.58. The van der Waals surface area contributed by atoms with Crippen molar-refractivity contribution < 1.29 is 9.53 Å². The first-order chi connectivity index (χ1) is 10.2. The van der Waals surface area contributed by atoms with Gasteiger partial charge in [-0.1, -0.05) is 18.2 Å². The van der Waals surface area contributed by atoms with Crippen molar-refractivity contribution in [3.05, 3.63) is 59.7 Å². The highest BCUT2D eigenvalue weighted by molar-refractivity contribution is 8.00. The quantitative estimate of drug-likeness (QED) is 0.580. The van der Waals surface area contributed by atoms with Crippen LogP contribution in [0.4, 0.5) is 0 Å². The van der Waals surface area contributed by atoms with Gasteiger partial charge in [-0.2, -0.15) is 0 Å². The second-order valence-corrected chi connectivity index (χ2v) is 6.34. The van der Waals surface area contributed by atoms with E-state index in [1.54, 1.807) is 11.8 Å². The van der Waals surface area contributed by atoms with Gasteiger partial charge >= 0.3 is 0 Å². The van der Waals surface area contributed by atoms with Crippen molar-refractivity contribution in [2.45, 2.75) is 30.8 Å². The van der Waals surface area contributed by atoms with Crippen molar-refractivity contribution in [2.24, 2.45) is 0 Å². The predicted octanol–water partition coefficient (Wildman–Crippen LogP) is 4.51. The van der Waals surface area contributed by atoms with E-state index in [0.29, 0.717) is 11.9 Å². The van der Waals surface area contributed by atoms with Gasteiger partial charge in [0.15, 0.2) is 5.78 Å². The second kappa shape index (κ2) is 6.35. The van der Waals surface area contributed by atoms with E-state index < -0.39 is 0 Å². The highest BCUT2D eigenvalue weighted by atomic mass is 32.2. The van der Waals surface area contributed by atoms with E-state index in [9.17, 15) is 4.79 Å². The molecule has 1 fully saturated rings. The summed E-state index contributed by atoms with van der Waals surface area (Å²) in [7, 11) is 0. The lowest BCUT2D eigenvalue weighted by atomic mass is 10.1. The Labute approximate surface area is 129 Å². The monoisotopic (exact) mass is 298 g/mol. The summed E-state index contributed by atoms with van der Waals surface area (Å²) in [6.45, 7) is 2.07. The van der Waals surface area contributed by atoms with Gasteiger partial charge in [-0.25, -0.2) is 0 Å². The van der Waals surface area contributed by atoms with Gasteiger partial charge in [-0.15, -0.1) is 11.8 Å². The Morgan fingerprint density at radius 1 is 1.14 bits per heavy atom. The first kappa shape index (κ1) is 14.2. The van der Waals surface area contributed by atoms with Crippen LogP contribution in [0.1, 0.15) is 28.8 Å². The SMILES string of the molecule is Cc1ccccc1SCC(=O)c1ccc(OC2CC2)cc1. The van der Waals surface area contributed by atoms with Gasteiger partial charge in [-0.3, -0.25) is 4.79 Å². The maximum absolute atomic E-state index is 12.2. The molecule has 2 aromatic rings. The zero-order chi connectivity index (χ0) is 14.7. The highest BCUT2D eigenvalue weighted by Crippen LogP contribution is 2.27. The van der Waals surface area contributed by atoms with Crippen LogP contribution in [0.3, 0.4) is 0 Å². The summed E-state index contributed by atoms with van der Waals surface area (Å²) >= 11 is 1.59. The van der Waals surface area contributed by atoms with Crippen LogP contribution in [0, 0.1) is 6.92 Å². The van der Waals surface area contributed by atoms with E-state index in [-0.39, 0.29) is 5.78 Å². The van der Waals surface area contributed by atoms with Gasteiger partial charge in [0.05, 0.1) is 11.9 Å². The van der Waals surface area contributed by atoms with E-state index >= 15 is 0 Å². The molecule has 0 spiro atoms. The summed E-state index contributed by atoms with van der Waals surface area (Å²) in [4.78, 5) is 13.4. The topological polar surface area (TPSA) is 26.3 Å². The number of Topliss-reactive ketones (excluding diaryl/α,β-unsaturated/α-hetero) is 1. The lowest BCUT2D eigenvalue weighted by Crippen LogP contribution is -2.03. The van der Waals surface area contributed by atoms with Crippen LogP contribution in [0.5, 0.6) is 5.75 Å². The summed E-state index contributed by atoms with van der Waals surface area (Å²) in [6.07, 6.45) is 2.68. The fraction of sp³-hybridized carbons (Fsp3) is 0.278. The average Bonchev–Trinajstić information content (AvgIpc) is 3.31. The predicted molar refractivity (Wildman–Crippen MR) is 86.3 cm³/mol. The number of aryl methyl sites for hydroxylation is 1. The number of hydrogen-bond donors (Lipinski definition) is 0. The fourth-order valence-electron chi connectivity index (χ4n) is 2.04. The Hall–Kier alpha value is -1.74. The molecule has 2 aromatic carbocycles. The molecule has 0 amide bonds. The standard InChI is InChI=1S/C18H18O2S/c1-13-4-2-3-5-18(13)21-12-17(19)14-6-8-15(9-7-14)20-16-10-11-16/h2-9,16H,10-12H2,1H3. The molecule has 0 atom stereocenters. The van der Waals surface area contributed by atoms with Crippen molar-refractivity contribution >= 4 is 17.5 Å². The molecule has 108 valence electrons. The molecule has 1 aliphatic rings. The summed E-state index contributed by atoms with van der Waals surface area (Å²) in [5.41, 5.74) is 1.96. The van der Waals surface area contributed by atoms with Crippen LogP contribution in [0.2, 0.25) is 0 Å². The minimum Gasteiger partial charge on any atom is -0.490 e. The number of carbonyl (C=O) groups excluding carboxylic acids is 1. The third-order valence-electron chi connectivity index (χ3n) is 3.46. The number of rotatable bonds is 6. The van der Waals surface area contributed by atoms with Gasteiger partial charge in [0.2, 0.25) is 0 Å². The van der Waals surface area contributed by atoms with Gasteiger partial charge in [0, 0.05) is 10.5 Å². The van der Waals surface area contributed by atoms with E-state index in [4.69, 9.17) is 4.74 Å². The fourth-order valence-corrected chi connectivity index (χ4v) is 2.97. The van der Waals surface area contributed by atoms with E-state index in [1.807, 2.05) is 36.4 Å². The molecule has 0 heterocycles. The first-order valence-corrected chi connectivity index (χ1v) is 8.19. The molecule has 1 aliphatic carbocycles. The molecule has 1 saturated carbocycles. The molecule has 0 unspecified atom stereocenters. The summed E-state index contributed by atoms with van der Waals surface area (Å²) in [5, 5.41) is 0. The summed E-state index contributed by atoms with van der Waals surface area (Å²) in [5.74, 6) is 1.48. The summed E-state index contributed by atoms with van der Waals surface area (Å²) < 4.78 is 5.69. The smallest absolute Gasteiger partial charge is 0.173 e. The Morgan fingerprint density at radius 2 is 1.86 bits per heavy atom. The van der Waals surface area contributed by atoms with Crippen molar-refractivity contribution in [1.82, 2.24) is 0 Å². The van der Waals surface area contributed by atoms with Crippen molar-refractivity contribution in [1.29, 1.82) is 0 Å². The van der Waals surface area contributed by atoms with Crippen LogP contribution in [0.15, 0.2) is 53.4 Å². The maximum Gasteiger partial charge on any atom is 0.173 e. The van der Waals surface area contributed by atoms with E-state index in [2.05, 4.69) is 19.1 Å². The average molecular weight is 298 g/mol. The summed E-state index contributed by atoms with van der Waals surface area (Å²) in [6, 6.07) is 15.6. The first-order valence-electron chi connectivity index (χ1n) is 7.21.